The third-order valence-electron chi connectivity index (χ3n) is 9.75. The first-order valence-corrected chi connectivity index (χ1v) is 22.4. The third kappa shape index (κ3) is 38.5. The molecular formula is C44H81NO12. The van der Waals surface area contributed by atoms with Gasteiger partial charge in [0.2, 0.25) is 0 Å². The van der Waals surface area contributed by atoms with Crippen LogP contribution in [0.2, 0.25) is 0 Å². The van der Waals surface area contributed by atoms with E-state index >= 15 is 0 Å². The fraction of sp³-hybridized carbons (Fsp3) is 0.886. The van der Waals surface area contributed by atoms with Gasteiger partial charge in [0.1, 0.15) is 19.8 Å². The van der Waals surface area contributed by atoms with Crippen LogP contribution in [0, 0.1) is 0 Å². The van der Waals surface area contributed by atoms with E-state index in [4.69, 9.17) is 23.7 Å². The van der Waals surface area contributed by atoms with E-state index in [1.807, 2.05) is 0 Å². The summed E-state index contributed by atoms with van der Waals surface area (Å²) in [5.41, 5.74) is 0. The molecule has 0 fully saturated rings. The van der Waals surface area contributed by atoms with Gasteiger partial charge in [-0.3, -0.25) is 24.1 Å². The summed E-state index contributed by atoms with van der Waals surface area (Å²) >= 11 is 0. The molecule has 0 rings (SSSR count). The number of hydrogen-bond donors (Lipinski definition) is 0. The molecule has 334 valence electrons. The minimum atomic E-state index is -0.933. The Hall–Kier alpha value is -2.77. The van der Waals surface area contributed by atoms with Gasteiger partial charge in [0.05, 0.1) is 33.0 Å². The zero-order chi connectivity index (χ0) is 42.0. The van der Waals surface area contributed by atoms with Crippen LogP contribution >= 0.6 is 0 Å². The molecule has 0 aliphatic carbocycles. The van der Waals surface area contributed by atoms with Crippen molar-refractivity contribution in [1.82, 2.24) is 4.90 Å². The van der Waals surface area contributed by atoms with Gasteiger partial charge in [0, 0.05) is 39.6 Å². The molecule has 13 heteroatoms. The number of esters is 4. The summed E-state index contributed by atoms with van der Waals surface area (Å²) in [4.78, 5) is 72.9. The number of hydrogen-bond acceptors (Lipinski definition) is 13. The lowest BCUT2D eigenvalue weighted by Gasteiger charge is -2.21. The second kappa shape index (κ2) is 41.4. The fourth-order valence-electron chi connectivity index (χ4n) is 6.27. The average Bonchev–Trinajstić information content (AvgIpc) is 3.19. The molecule has 0 aromatic rings. The fourth-order valence-corrected chi connectivity index (χ4v) is 6.27. The lowest BCUT2D eigenvalue weighted by molar-refractivity contribution is -0.255. The Labute approximate surface area is 345 Å². The van der Waals surface area contributed by atoms with Crippen molar-refractivity contribution >= 4 is 29.8 Å². The molecule has 0 amide bonds. The molecule has 1 unspecified atom stereocenters. The van der Waals surface area contributed by atoms with Crippen LogP contribution in [-0.2, 0) is 57.4 Å². The minimum Gasteiger partial charge on any atom is -0.463 e. The maximum atomic E-state index is 12.8. The predicted molar refractivity (Wildman–Crippen MR) is 220 cm³/mol. The van der Waals surface area contributed by atoms with Gasteiger partial charge in [0.15, 0.2) is 6.10 Å². The summed E-state index contributed by atoms with van der Waals surface area (Å²) in [6, 6.07) is 0. The highest BCUT2D eigenvalue weighted by molar-refractivity contribution is 5.71. The van der Waals surface area contributed by atoms with E-state index in [1.54, 1.807) is 4.90 Å². The van der Waals surface area contributed by atoms with Crippen molar-refractivity contribution in [3.8, 4) is 0 Å². The molecule has 0 radical (unpaired) electrons. The molecule has 0 N–H and O–H groups in total. The SMILES string of the molecule is CCCCCCCCCCCCCC(=O)OCC(COC(=O)CCN(CCC(=O)OCCOC)CCC(=O)OOC)OC(=O)CCCCCCCCCCCCC. The largest absolute Gasteiger partial charge is 0.463 e. The number of nitrogens with zero attached hydrogens (tertiary/aromatic N) is 1. The molecule has 0 saturated heterocycles. The van der Waals surface area contributed by atoms with E-state index in [9.17, 15) is 24.0 Å². The summed E-state index contributed by atoms with van der Waals surface area (Å²) in [6.07, 6.45) is 25.3. The van der Waals surface area contributed by atoms with Gasteiger partial charge in [-0.1, -0.05) is 142 Å². The molecule has 0 saturated carbocycles. The molecule has 57 heavy (non-hydrogen) atoms. The van der Waals surface area contributed by atoms with E-state index in [-0.39, 0.29) is 84.1 Å². The van der Waals surface area contributed by atoms with Gasteiger partial charge in [-0.2, -0.15) is 4.89 Å². The molecule has 0 heterocycles. The van der Waals surface area contributed by atoms with Crippen LogP contribution in [-0.4, -0.2) is 101 Å². The third-order valence-corrected chi connectivity index (χ3v) is 9.75. The number of unbranched alkanes of at least 4 members (excludes halogenated alkanes) is 20. The van der Waals surface area contributed by atoms with Crippen LogP contribution < -0.4 is 0 Å². The number of rotatable bonds is 42. The van der Waals surface area contributed by atoms with Crippen LogP contribution in [0.3, 0.4) is 0 Å². The Morgan fingerprint density at radius 1 is 0.421 bits per heavy atom. The maximum Gasteiger partial charge on any atom is 0.343 e. The second-order valence-corrected chi connectivity index (χ2v) is 15.0. The Morgan fingerprint density at radius 2 is 0.789 bits per heavy atom. The molecule has 0 aromatic carbocycles. The molecule has 1 atom stereocenters. The highest BCUT2D eigenvalue weighted by Crippen LogP contribution is 2.14. The molecular weight excluding hydrogens is 734 g/mol. The highest BCUT2D eigenvalue weighted by atomic mass is 17.2. The quantitative estimate of drug-likeness (QED) is 0.0189. The van der Waals surface area contributed by atoms with E-state index < -0.39 is 30.0 Å². The molecule has 0 aromatic heterocycles. The van der Waals surface area contributed by atoms with Crippen molar-refractivity contribution in [2.24, 2.45) is 0 Å². The zero-order valence-corrected chi connectivity index (χ0v) is 36.5. The van der Waals surface area contributed by atoms with Crippen molar-refractivity contribution < 1.29 is 57.4 Å². The highest BCUT2D eigenvalue weighted by Gasteiger charge is 2.21. The zero-order valence-electron chi connectivity index (χ0n) is 36.5. The van der Waals surface area contributed by atoms with Crippen LogP contribution in [0.5, 0.6) is 0 Å². The first kappa shape index (κ1) is 54.2. The van der Waals surface area contributed by atoms with Gasteiger partial charge < -0.3 is 28.6 Å². The van der Waals surface area contributed by atoms with Crippen LogP contribution in [0.25, 0.3) is 0 Å². The van der Waals surface area contributed by atoms with Gasteiger partial charge >= 0.3 is 29.8 Å². The molecule has 0 bridgehead atoms. The topological polar surface area (TPSA) is 153 Å². The smallest absolute Gasteiger partial charge is 0.343 e. The Balaban J connectivity index is 4.89. The Kier molecular flexibility index (Phi) is 39.4. The van der Waals surface area contributed by atoms with Crippen molar-refractivity contribution in [1.29, 1.82) is 0 Å². The normalized spacial score (nSPS) is 11.7. The van der Waals surface area contributed by atoms with Crippen molar-refractivity contribution in [2.45, 2.75) is 193 Å². The van der Waals surface area contributed by atoms with Crippen molar-refractivity contribution in [3.63, 3.8) is 0 Å². The van der Waals surface area contributed by atoms with E-state index in [0.717, 1.165) is 38.5 Å². The van der Waals surface area contributed by atoms with E-state index in [0.29, 0.717) is 6.42 Å². The summed E-state index contributed by atoms with van der Waals surface area (Å²) in [5, 5.41) is 0. The maximum absolute atomic E-state index is 12.8. The number of methoxy groups -OCH3 is 1. The number of carbonyl (C=O) groups excluding carboxylic acids is 5. The minimum absolute atomic E-state index is 0.0245. The number of ether oxygens (including phenoxy) is 5. The summed E-state index contributed by atoms with van der Waals surface area (Å²) < 4.78 is 26.6. The van der Waals surface area contributed by atoms with Crippen molar-refractivity contribution in [3.05, 3.63) is 0 Å². The first-order chi connectivity index (χ1) is 27.7. The molecule has 0 spiro atoms. The molecule has 0 aliphatic heterocycles. The summed E-state index contributed by atoms with van der Waals surface area (Å²) in [6.45, 7) is 5.01. The lowest BCUT2D eigenvalue weighted by atomic mass is 10.1. The van der Waals surface area contributed by atoms with E-state index in [1.165, 1.54) is 111 Å². The van der Waals surface area contributed by atoms with Crippen molar-refractivity contribution in [2.75, 3.05) is 60.3 Å². The van der Waals surface area contributed by atoms with Gasteiger partial charge in [-0.05, 0) is 12.8 Å². The second-order valence-electron chi connectivity index (χ2n) is 15.0. The summed E-state index contributed by atoms with van der Waals surface area (Å²) in [5.74, 6) is -2.38. The standard InChI is InChI=1S/C44H81NO12/c1-5-7-9-11-13-15-17-19-21-23-25-27-40(46)54-37-39(56-43(49)28-26-24-22-20-18-16-14-12-10-8-6-2)38-55-42(48)30-33-45(34-31-44(50)57-52-4)32-29-41(47)53-36-35-51-3/h39H,5-38H2,1-4H3. The average molecular weight is 816 g/mol. The van der Waals surface area contributed by atoms with E-state index in [2.05, 4.69) is 23.6 Å². The Bertz CT molecular complexity index is 994. The number of carbonyl (C=O) groups is 5. The lowest BCUT2D eigenvalue weighted by Crippen LogP contribution is -2.33. The van der Waals surface area contributed by atoms with Gasteiger partial charge in [-0.25, -0.2) is 4.79 Å². The first-order valence-electron chi connectivity index (χ1n) is 22.4. The molecule has 0 aliphatic rings. The van der Waals surface area contributed by atoms with Gasteiger partial charge in [0.25, 0.3) is 0 Å². The van der Waals surface area contributed by atoms with Crippen LogP contribution in [0.15, 0.2) is 0 Å². The predicted octanol–water partition coefficient (Wildman–Crippen LogP) is 9.15. The van der Waals surface area contributed by atoms with Crippen LogP contribution in [0.4, 0.5) is 0 Å². The Morgan fingerprint density at radius 3 is 1.21 bits per heavy atom. The monoisotopic (exact) mass is 816 g/mol. The van der Waals surface area contributed by atoms with Gasteiger partial charge in [-0.15, -0.1) is 0 Å². The van der Waals surface area contributed by atoms with Crippen LogP contribution in [0.1, 0.15) is 187 Å². The summed E-state index contributed by atoms with van der Waals surface area (Å²) in [7, 11) is 2.73. The molecule has 13 nitrogen and oxygen atoms in total.